The van der Waals surface area contributed by atoms with Crippen LogP contribution in [-0.2, 0) is 7.05 Å². The summed E-state index contributed by atoms with van der Waals surface area (Å²) >= 11 is 6.27. The Labute approximate surface area is 120 Å². The number of nitrogens with two attached hydrogens (primary N) is 1. The van der Waals surface area contributed by atoms with Gasteiger partial charge in [0.1, 0.15) is 19.0 Å². The molecule has 0 aliphatic carbocycles. The summed E-state index contributed by atoms with van der Waals surface area (Å²) < 4.78 is 12.7. The van der Waals surface area contributed by atoms with Gasteiger partial charge in [-0.1, -0.05) is 11.6 Å². The molecule has 0 radical (unpaired) electrons. The molecule has 20 heavy (non-hydrogen) atoms. The van der Waals surface area contributed by atoms with Crippen LogP contribution in [0.15, 0.2) is 12.3 Å². The molecule has 0 amide bonds. The zero-order valence-corrected chi connectivity index (χ0v) is 11.5. The van der Waals surface area contributed by atoms with E-state index in [1.54, 1.807) is 19.3 Å². The highest BCUT2D eigenvalue weighted by Crippen LogP contribution is 2.47. The zero-order valence-electron chi connectivity index (χ0n) is 10.7. The molecule has 0 unspecified atom stereocenters. The van der Waals surface area contributed by atoms with Crippen LogP contribution < -0.4 is 15.2 Å². The van der Waals surface area contributed by atoms with Crippen LogP contribution >= 0.6 is 11.6 Å². The van der Waals surface area contributed by atoms with Crippen LogP contribution in [0, 0.1) is 0 Å². The second-order valence-corrected chi connectivity index (χ2v) is 4.77. The molecule has 1 aromatic carbocycles. The lowest BCUT2D eigenvalue weighted by Gasteiger charge is -2.23. The molecule has 0 fully saturated rings. The highest BCUT2D eigenvalue weighted by atomic mass is 35.5. The summed E-state index contributed by atoms with van der Waals surface area (Å²) in [7, 11) is 1.73. The molecule has 0 spiro atoms. The van der Waals surface area contributed by atoms with Crippen LogP contribution in [0.2, 0.25) is 5.02 Å². The lowest BCUT2D eigenvalue weighted by molar-refractivity contribution is 0.111. The highest BCUT2D eigenvalue weighted by Gasteiger charge is 2.26. The van der Waals surface area contributed by atoms with Gasteiger partial charge in [-0.15, -0.1) is 0 Å². The summed E-state index contributed by atoms with van der Waals surface area (Å²) in [5.41, 5.74) is 7.59. The van der Waals surface area contributed by atoms with Crippen molar-refractivity contribution in [2.75, 3.05) is 18.9 Å². The fourth-order valence-electron chi connectivity index (χ4n) is 2.18. The number of halogens is 1. The summed E-state index contributed by atoms with van der Waals surface area (Å²) in [6, 6.07) is 1.55. The Morgan fingerprint density at radius 1 is 1.40 bits per heavy atom. The van der Waals surface area contributed by atoms with Gasteiger partial charge in [0.25, 0.3) is 0 Å². The number of hydrogen-bond donors (Lipinski definition) is 1. The average molecular weight is 294 g/mol. The van der Waals surface area contributed by atoms with Gasteiger partial charge < -0.3 is 15.2 Å². The lowest BCUT2D eigenvalue weighted by Crippen LogP contribution is -2.17. The smallest absolute Gasteiger partial charge is 0.172 e. The summed E-state index contributed by atoms with van der Waals surface area (Å²) in [6.45, 7) is 0.774. The van der Waals surface area contributed by atoms with Gasteiger partial charge in [0.15, 0.2) is 17.8 Å². The van der Waals surface area contributed by atoms with Crippen molar-refractivity contribution >= 4 is 23.7 Å². The van der Waals surface area contributed by atoms with Crippen molar-refractivity contribution in [1.82, 2.24) is 9.78 Å². The first kappa shape index (κ1) is 12.8. The number of nitrogens with zero attached hydrogens (tertiary/aromatic N) is 2. The second kappa shape index (κ2) is 4.72. The van der Waals surface area contributed by atoms with Gasteiger partial charge in [-0.25, -0.2) is 0 Å². The summed E-state index contributed by atoms with van der Waals surface area (Å²) in [4.78, 5) is 11.1. The number of rotatable bonds is 2. The maximum absolute atomic E-state index is 11.1. The van der Waals surface area contributed by atoms with E-state index in [9.17, 15) is 4.79 Å². The topological polar surface area (TPSA) is 79.4 Å². The maximum atomic E-state index is 11.1. The minimum atomic E-state index is 0.357. The number of nitrogen functional groups attached to an aromatic ring is 1. The Balaban J connectivity index is 2.30. The van der Waals surface area contributed by atoms with Gasteiger partial charge in [0.2, 0.25) is 0 Å². The van der Waals surface area contributed by atoms with Crippen molar-refractivity contribution in [3.63, 3.8) is 0 Å². The van der Waals surface area contributed by atoms with E-state index >= 15 is 0 Å². The molecular weight excluding hydrogens is 282 g/mol. The molecule has 0 bridgehead atoms. The standard InChI is InChI=1S/C13H12ClN3O3/c1-17-13(15)8(5-16-17)10-9(14)4-7(6-18)11-12(10)20-3-2-19-11/h4-6H,2-3,15H2,1H3. The fourth-order valence-corrected chi connectivity index (χ4v) is 2.48. The summed E-state index contributed by atoms with van der Waals surface area (Å²) in [5, 5.41) is 4.46. The molecule has 0 saturated carbocycles. The third-order valence-electron chi connectivity index (χ3n) is 3.17. The molecule has 2 N–H and O–H groups in total. The number of aldehydes is 1. The first-order valence-electron chi connectivity index (χ1n) is 5.98. The molecule has 3 rings (SSSR count). The van der Waals surface area contributed by atoms with Crippen LogP contribution in [0.3, 0.4) is 0 Å². The van der Waals surface area contributed by atoms with E-state index in [-0.39, 0.29) is 0 Å². The molecule has 1 aliphatic heterocycles. The van der Waals surface area contributed by atoms with Gasteiger partial charge in [0.05, 0.1) is 22.3 Å². The maximum Gasteiger partial charge on any atom is 0.172 e. The van der Waals surface area contributed by atoms with Crippen LogP contribution in [0.4, 0.5) is 5.82 Å². The molecule has 104 valence electrons. The van der Waals surface area contributed by atoms with Crippen molar-refractivity contribution in [2.45, 2.75) is 0 Å². The predicted octanol–water partition coefficient (Wildman–Crippen LogP) is 1.91. The van der Waals surface area contributed by atoms with Crippen molar-refractivity contribution < 1.29 is 14.3 Å². The highest BCUT2D eigenvalue weighted by molar-refractivity contribution is 6.34. The van der Waals surface area contributed by atoms with Crippen LogP contribution in [0.5, 0.6) is 11.5 Å². The largest absolute Gasteiger partial charge is 0.485 e. The minimum Gasteiger partial charge on any atom is -0.485 e. The molecule has 7 heteroatoms. The average Bonchev–Trinajstić information content (AvgIpc) is 2.78. The third-order valence-corrected chi connectivity index (χ3v) is 3.47. The molecule has 2 aromatic rings. The van der Waals surface area contributed by atoms with Gasteiger partial charge in [0, 0.05) is 12.6 Å². The molecule has 6 nitrogen and oxygen atoms in total. The first-order chi connectivity index (χ1) is 9.63. The number of anilines is 1. The van der Waals surface area contributed by atoms with Crippen molar-refractivity contribution in [3.05, 3.63) is 22.8 Å². The van der Waals surface area contributed by atoms with E-state index in [0.717, 1.165) is 0 Å². The number of aromatic nitrogens is 2. The quantitative estimate of drug-likeness (QED) is 0.856. The molecule has 0 saturated heterocycles. The number of hydrogen-bond acceptors (Lipinski definition) is 5. The van der Waals surface area contributed by atoms with Gasteiger partial charge in [-0.3, -0.25) is 9.48 Å². The normalized spacial score (nSPS) is 13.3. The molecule has 1 aromatic heterocycles. The third kappa shape index (κ3) is 1.80. The second-order valence-electron chi connectivity index (χ2n) is 4.36. The lowest BCUT2D eigenvalue weighted by atomic mass is 10.0. The Kier molecular flexibility index (Phi) is 3.02. The van der Waals surface area contributed by atoms with Crippen molar-refractivity contribution in [1.29, 1.82) is 0 Å². The molecule has 0 atom stereocenters. The first-order valence-corrected chi connectivity index (χ1v) is 6.36. The summed E-state index contributed by atoms with van der Waals surface area (Å²) in [6.07, 6.45) is 2.30. The Bertz CT molecular complexity index is 697. The molecule has 1 aliphatic rings. The fraction of sp³-hybridized carbons (Fsp3) is 0.231. The van der Waals surface area contributed by atoms with Crippen LogP contribution in [0.25, 0.3) is 11.1 Å². The zero-order chi connectivity index (χ0) is 14.3. The number of benzene rings is 1. The van der Waals surface area contributed by atoms with E-state index in [2.05, 4.69) is 5.10 Å². The van der Waals surface area contributed by atoms with Crippen molar-refractivity contribution in [2.24, 2.45) is 7.05 Å². The Morgan fingerprint density at radius 3 is 2.70 bits per heavy atom. The summed E-state index contributed by atoms with van der Waals surface area (Å²) in [5.74, 6) is 1.29. The minimum absolute atomic E-state index is 0.357. The monoisotopic (exact) mass is 293 g/mol. The van der Waals surface area contributed by atoms with Crippen molar-refractivity contribution in [3.8, 4) is 22.6 Å². The molecule has 2 heterocycles. The Morgan fingerprint density at radius 2 is 2.10 bits per heavy atom. The van der Waals surface area contributed by atoms with Gasteiger partial charge >= 0.3 is 0 Å². The SMILES string of the molecule is Cn1ncc(-c2c(Cl)cc(C=O)c3c2OCCO3)c1N. The van der Waals surface area contributed by atoms with E-state index < -0.39 is 0 Å². The van der Waals surface area contributed by atoms with E-state index in [0.29, 0.717) is 58.5 Å². The van der Waals surface area contributed by atoms with E-state index in [4.69, 9.17) is 26.8 Å². The van der Waals surface area contributed by atoms with Crippen LogP contribution in [0.1, 0.15) is 10.4 Å². The Hall–Kier alpha value is -2.21. The number of ether oxygens (including phenoxy) is 2. The van der Waals surface area contributed by atoms with Gasteiger partial charge in [-0.2, -0.15) is 5.10 Å². The van der Waals surface area contributed by atoms with Gasteiger partial charge in [-0.05, 0) is 6.07 Å². The van der Waals surface area contributed by atoms with Crippen LogP contribution in [-0.4, -0.2) is 29.3 Å². The number of carbonyl (C=O) groups excluding carboxylic acids is 1. The van der Waals surface area contributed by atoms with E-state index in [1.165, 1.54) is 4.68 Å². The predicted molar refractivity (Wildman–Crippen MR) is 74.4 cm³/mol. The number of fused-ring (bicyclic) bond motifs is 1. The van der Waals surface area contributed by atoms with E-state index in [1.807, 2.05) is 0 Å². The number of carbonyl (C=O) groups is 1. The molecular formula is C13H12ClN3O3. The number of aryl methyl sites for hydroxylation is 1.